The maximum atomic E-state index is 11.3. The Morgan fingerprint density at radius 1 is 1.58 bits per heavy atom. The normalized spacial score (nSPS) is 38.8. The summed E-state index contributed by atoms with van der Waals surface area (Å²) in [6.45, 7) is 6.02. The van der Waals surface area contributed by atoms with Crippen molar-refractivity contribution < 1.29 is 4.79 Å². The molecule has 0 N–H and O–H groups in total. The molecule has 1 saturated carbocycles. The van der Waals surface area contributed by atoms with E-state index in [1.165, 1.54) is 5.57 Å². The van der Waals surface area contributed by atoms with Crippen LogP contribution in [0.5, 0.6) is 0 Å². The first-order valence-electron chi connectivity index (χ1n) is 4.56. The maximum absolute atomic E-state index is 11.3. The Labute approximate surface area is 73.2 Å². The quantitative estimate of drug-likeness (QED) is 0.541. The summed E-state index contributed by atoms with van der Waals surface area (Å²) in [6, 6.07) is 0. The van der Waals surface area contributed by atoms with Crippen LogP contribution < -0.4 is 0 Å². The van der Waals surface area contributed by atoms with Gasteiger partial charge in [0.25, 0.3) is 0 Å². The van der Waals surface area contributed by atoms with Crippen LogP contribution in [-0.2, 0) is 4.79 Å². The molecule has 0 aliphatic heterocycles. The van der Waals surface area contributed by atoms with Gasteiger partial charge >= 0.3 is 0 Å². The van der Waals surface area contributed by atoms with Crippen LogP contribution in [0.1, 0.15) is 19.8 Å². The van der Waals surface area contributed by atoms with Crippen LogP contribution in [0.25, 0.3) is 0 Å². The lowest BCUT2D eigenvalue weighted by molar-refractivity contribution is -0.117. The number of hydrogen-bond donors (Lipinski definition) is 0. The fourth-order valence-electron chi connectivity index (χ4n) is 2.35. The highest BCUT2D eigenvalue weighted by Gasteiger charge is 2.39. The van der Waals surface area contributed by atoms with Crippen molar-refractivity contribution in [2.45, 2.75) is 19.8 Å². The molecule has 0 amide bonds. The molecule has 2 rings (SSSR count). The second-order valence-corrected chi connectivity index (χ2v) is 4.05. The van der Waals surface area contributed by atoms with Crippen LogP contribution in [0.4, 0.5) is 0 Å². The van der Waals surface area contributed by atoms with Crippen molar-refractivity contribution in [3.8, 4) is 0 Å². The van der Waals surface area contributed by atoms with Gasteiger partial charge in [0.05, 0.1) is 0 Å². The minimum Gasteiger partial charge on any atom is -0.295 e. The Hall–Kier alpha value is -0.850. The van der Waals surface area contributed by atoms with E-state index in [9.17, 15) is 4.79 Å². The van der Waals surface area contributed by atoms with Crippen molar-refractivity contribution in [1.82, 2.24) is 0 Å². The standard InChI is InChI=1S/C11H14O/c1-7(2)9-5-8-3-4-11(12)10(8)6-9/h3-4,8-10H,1,5-6H2,2H3/t8-,9-,10+/m1/s1. The molecule has 3 atom stereocenters. The minimum atomic E-state index is 0.298. The van der Waals surface area contributed by atoms with E-state index in [0.717, 1.165) is 12.8 Å². The van der Waals surface area contributed by atoms with E-state index < -0.39 is 0 Å². The number of allylic oxidation sites excluding steroid dienone is 3. The van der Waals surface area contributed by atoms with Gasteiger partial charge in [0.2, 0.25) is 0 Å². The maximum Gasteiger partial charge on any atom is 0.159 e. The fraction of sp³-hybridized carbons (Fsp3) is 0.545. The largest absolute Gasteiger partial charge is 0.295 e. The Bertz CT molecular complexity index is 262. The van der Waals surface area contributed by atoms with Gasteiger partial charge in [-0.2, -0.15) is 0 Å². The van der Waals surface area contributed by atoms with Gasteiger partial charge in [-0.25, -0.2) is 0 Å². The molecule has 0 aromatic heterocycles. The zero-order chi connectivity index (χ0) is 8.72. The van der Waals surface area contributed by atoms with E-state index in [-0.39, 0.29) is 0 Å². The average Bonchev–Trinajstić information content (AvgIpc) is 2.53. The number of fused-ring (bicyclic) bond motifs is 1. The molecular formula is C11H14O. The summed E-state index contributed by atoms with van der Waals surface area (Å²) in [5.41, 5.74) is 1.24. The highest BCUT2D eigenvalue weighted by Crippen LogP contribution is 2.43. The first kappa shape index (κ1) is 7.78. The van der Waals surface area contributed by atoms with E-state index in [4.69, 9.17) is 0 Å². The predicted molar refractivity (Wildman–Crippen MR) is 48.7 cm³/mol. The number of carbonyl (C=O) groups excluding carboxylic acids is 1. The summed E-state index contributed by atoms with van der Waals surface area (Å²) in [5, 5.41) is 0. The van der Waals surface area contributed by atoms with Gasteiger partial charge in [0, 0.05) is 5.92 Å². The minimum absolute atomic E-state index is 0.298. The molecule has 2 aliphatic carbocycles. The highest BCUT2D eigenvalue weighted by atomic mass is 16.1. The highest BCUT2D eigenvalue weighted by molar-refractivity contribution is 5.94. The third kappa shape index (κ3) is 1.04. The average molecular weight is 162 g/mol. The molecule has 0 unspecified atom stereocenters. The predicted octanol–water partition coefficient (Wildman–Crippen LogP) is 2.34. The van der Waals surface area contributed by atoms with Gasteiger partial charge in [-0.1, -0.05) is 18.2 Å². The van der Waals surface area contributed by atoms with Crippen molar-refractivity contribution >= 4 is 5.78 Å². The molecule has 0 aromatic carbocycles. The smallest absolute Gasteiger partial charge is 0.159 e. The van der Waals surface area contributed by atoms with Crippen LogP contribution in [0.15, 0.2) is 24.3 Å². The Morgan fingerprint density at radius 3 is 2.92 bits per heavy atom. The van der Waals surface area contributed by atoms with Gasteiger partial charge in [-0.05, 0) is 37.7 Å². The van der Waals surface area contributed by atoms with Crippen LogP contribution in [0.3, 0.4) is 0 Å². The second kappa shape index (κ2) is 2.58. The van der Waals surface area contributed by atoms with E-state index >= 15 is 0 Å². The molecule has 0 spiro atoms. The van der Waals surface area contributed by atoms with Crippen LogP contribution in [0.2, 0.25) is 0 Å². The number of hydrogen-bond acceptors (Lipinski definition) is 1. The van der Waals surface area contributed by atoms with Crippen molar-refractivity contribution in [3.63, 3.8) is 0 Å². The topological polar surface area (TPSA) is 17.1 Å². The van der Waals surface area contributed by atoms with Crippen molar-refractivity contribution in [2.75, 3.05) is 0 Å². The second-order valence-electron chi connectivity index (χ2n) is 4.05. The van der Waals surface area contributed by atoms with E-state index in [1.807, 2.05) is 0 Å². The Morgan fingerprint density at radius 2 is 2.33 bits per heavy atom. The van der Waals surface area contributed by atoms with Gasteiger partial charge in [0.1, 0.15) is 0 Å². The molecule has 1 heteroatoms. The molecule has 0 saturated heterocycles. The zero-order valence-corrected chi connectivity index (χ0v) is 7.42. The lowest BCUT2D eigenvalue weighted by Crippen LogP contribution is -2.08. The molecule has 1 nitrogen and oxygen atoms in total. The summed E-state index contributed by atoms with van der Waals surface area (Å²) in [7, 11) is 0. The van der Waals surface area contributed by atoms with Crippen molar-refractivity contribution in [2.24, 2.45) is 17.8 Å². The number of carbonyl (C=O) groups is 1. The third-order valence-corrected chi connectivity index (χ3v) is 3.18. The number of ketones is 1. The first-order chi connectivity index (χ1) is 5.68. The molecule has 12 heavy (non-hydrogen) atoms. The summed E-state index contributed by atoms with van der Waals surface area (Å²) in [6.07, 6.45) is 6.01. The van der Waals surface area contributed by atoms with Crippen LogP contribution >= 0.6 is 0 Å². The summed E-state index contributed by atoms with van der Waals surface area (Å²) < 4.78 is 0. The fourth-order valence-corrected chi connectivity index (χ4v) is 2.35. The first-order valence-corrected chi connectivity index (χ1v) is 4.56. The van der Waals surface area contributed by atoms with Gasteiger partial charge < -0.3 is 0 Å². The molecule has 0 heterocycles. The SMILES string of the molecule is C=C(C)[C@@H]1C[C@H]2C=CC(=O)[C@H]2C1. The van der Waals surface area contributed by atoms with E-state index in [2.05, 4.69) is 19.6 Å². The Kier molecular flexibility index (Phi) is 1.67. The van der Waals surface area contributed by atoms with Crippen molar-refractivity contribution in [3.05, 3.63) is 24.3 Å². The zero-order valence-electron chi connectivity index (χ0n) is 7.42. The van der Waals surface area contributed by atoms with E-state index in [0.29, 0.717) is 23.5 Å². The summed E-state index contributed by atoms with van der Waals surface area (Å²) in [4.78, 5) is 11.3. The monoisotopic (exact) mass is 162 g/mol. The molecule has 2 aliphatic rings. The van der Waals surface area contributed by atoms with Gasteiger partial charge in [-0.15, -0.1) is 0 Å². The molecule has 0 bridgehead atoms. The Balaban J connectivity index is 2.12. The van der Waals surface area contributed by atoms with Gasteiger partial charge in [-0.3, -0.25) is 4.79 Å². The summed E-state index contributed by atoms with van der Waals surface area (Å²) >= 11 is 0. The number of rotatable bonds is 1. The third-order valence-electron chi connectivity index (χ3n) is 3.18. The lowest BCUT2D eigenvalue weighted by atomic mass is 9.97. The molecule has 0 aromatic rings. The van der Waals surface area contributed by atoms with Crippen LogP contribution in [0, 0.1) is 17.8 Å². The summed E-state index contributed by atoms with van der Waals surface area (Å²) in [5.74, 6) is 1.75. The molecular weight excluding hydrogens is 148 g/mol. The van der Waals surface area contributed by atoms with Crippen molar-refractivity contribution in [1.29, 1.82) is 0 Å². The van der Waals surface area contributed by atoms with E-state index in [1.54, 1.807) is 6.08 Å². The lowest BCUT2D eigenvalue weighted by Gasteiger charge is -2.07. The van der Waals surface area contributed by atoms with Crippen LogP contribution in [-0.4, -0.2) is 5.78 Å². The van der Waals surface area contributed by atoms with Gasteiger partial charge in [0.15, 0.2) is 5.78 Å². The molecule has 0 radical (unpaired) electrons. The molecule has 64 valence electrons. The molecule has 1 fully saturated rings.